The predicted octanol–water partition coefficient (Wildman–Crippen LogP) is 5.82. The van der Waals surface area contributed by atoms with Gasteiger partial charge in [-0.1, -0.05) is 24.3 Å². The van der Waals surface area contributed by atoms with Crippen molar-refractivity contribution >= 4 is 11.9 Å². The van der Waals surface area contributed by atoms with Crippen LogP contribution in [0.5, 0.6) is 23.0 Å². The lowest BCUT2D eigenvalue weighted by molar-refractivity contribution is 0.0725. The van der Waals surface area contributed by atoms with Crippen LogP contribution in [0.4, 0.5) is 0 Å². The van der Waals surface area contributed by atoms with Gasteiger partial charge in [-0.15, -0.1) is 0 Å². The standard InChI is InChI=1S/C28H22O6/c1-17-15-21(7-13-25(17)29)27(31)33-23-9-3-19(4-10-23)20-5-11-24(12-6-20)34-28(32)22-8-14-26(30)18(2)16-22/h3-16,29-30H,1-2H3. The summed E-state index contributed by atoms with van der Waals surface area (Å²) in [6.07, 6.45) is 0. The summed E-state index contributed by atoms with van der Waals surface area (Å²) in [6.45, 7) is 3.42. The van der Waals surface area contributed by atoms with Crippen molar-refractivity contribution in [3.8, 4) is 34.1 Å². The molecule has 0 aliphatic rings. The highest BCUT2D eigenvalue weighted by molar-refractivity contribution is 5.92. The molecular formula is C28H22O6. The summed E-state index contributed by atoms with van der Waals surface area (Å²) in [5.74, 6) is 0.0226. The molecule has 0 saturated heterocycles. The van der Waals surface area contributed by atoms with Crippen molar-refractivity contribution in [3.05, 3.63) is 107 Å². The lowest BCUT2D eigenvalue weighted by Crippen LogP contribution is -2.08. The van der Waals surface area contributed by atoms with Crippen molar-refractivity contribution in [2.45, 2.75) is 13.8 Å². The second-order valence-corrected chi connectivity index (χ2v) is 7.83. The second kappa shape index (κ2) is 9.50. The smallest absolute Gasteiger partial charge is 0.343 e. The average Bonchev–Trinajstić information content (AvgIpc) is 2.83. The minimum atomic E-state index is -0.508. The number of carbonyl (C=O) groups excluding carboxylic acids is 2. The molecule has 0 aliphatic heterocycles. The Hall–Kier alpha value is -4.58. The summed E-state index contributed by atoms with van der Waals surface area (Å²) in [5, 5.41) is 19.2. The third-order valence-corrected chi connectivity index (χ3v) is 5.33. The Morgan fingerprint density at radius 1 is 0.559 bits per heavy atom. The molecule has 0 saturated carbocycles. The Kier molecular flexibility index (Phi) is 6.32. The van der Waals surface area contributed by atoms with E-state index in [-0.39, 0.29) is 11.5 Å². The number of esters is 2. The summed E-state index contributed by atoms with van der Waals surface area (Å²) < 4.78 is 10.8. The number of benzene rings is 4. The van der Waals surface area contributed by atoms with Crippen molar-refractivity contribution in [1.82, 2.24) is 0 Å². The van der Waals surface area contributed by atoms with Crippen LogP contribution in [0, 0.1) is 13.8 Å². The van der Waals surface area contributed by atoms with Crippen LogP contribution < -0.4 is 9.47 Å². The van der Waals surface area contributed by atoms with Crippen LogP contribution in [0.1, 0.15) is 31.8 Å². The second-order valence-electron chi connectivity index (χ2n) is 7.83. The molecular weight excluding hydrogens is 432 g/mol. The van der Waals surface area contributed by atoms with Gasteiger partial charge in [-0.2, -0.15) is 0 Å². The Morgan fingerprint density at radius 2 is 0.912 bits per heavy atom. The van der Waals surface area contributed by atoms with Crippen LogP contribution >= 0.6 is 0 Å². The van der Waals surface area contributed by atoms with Gasteiger partial charge in [0.05, 0.1) is 11.1 Å². The normalized spacial score (nSPS) is 10.5. The van der Waals surface area contributed by atoms with E-state index in [1.54, 1.807) is 50.2 Å². The summed E-state index contributed by atoms with van der Waals surface area (Å²) in [5.41, 5.74) is 3.69. The molecule has 0 amide bonds. The maximum absolute atomic E-state index is 12.3. The Labute approximate surface area is 196 Å². The van der Waals surface area contributed by atoms with Crippen LogP contribution in [-0.2, 0) is 0 Å². The molecule has 0 radical (unpaired) electrons. The van der Waals surface area contributed by atoms with Crippen LogP contribution in [-0.4, -0.2) is 22.2 Å². The van der Waals surface area contributed by atoms with E-state index in [2.05, 4.69) is 0 Å². The predicted molar refractivity (Wildman–Crippen MR) is 127 cm³/mol. The first kappa shape index (κ1) is 22.6. The zero-order valence-corrected chi connectivity index (χ0v) is 18.6. The maximum atomic E-state index is 12.3. The van der Waals surface area contributed by atoms with E-state index in [0.717, 1.165) is 11.1 Å². The van der Waals surface area contributed by atoms with E-state index in [0.29, 0.717) is 33.8 Å². The van der Waals surface area contributed by atoms with E-state index >= 15 is 0 Å². The van der Waals surface area contributed by atoms with Crippen molar-refractivity contribution in [1.29, 1.82) is 0 Å². The first-order chi connectivity index (χ1) is 16.3. The monoisotopic (exact) mass is 454 g/mol. The number of hydrogen-bond donors (Lipinski definition) is 2. The Balaban J connectivity index is 1.40. The number of aryl methyl sites for hydroxylation is 2. The molecule has 0 aliphatic carbocycles. The molecule has 34 heavy (non-hydrogen) atoms. The van der Waals surface area contributed by atoms with E-state index in [4.69, 9.17) is 9.47 Å². The topological polar surface area (TPSA) is 93.1 Å². The number of carbonyl (C=O) groups is 2. The fraction of sp³-hybridized carbons (Fsp3) is 0.0714. The molecule has 6 nitrogen and oxygen atoms in total. The molecule has 4 aromatic rings. The highest BCUT2D eigenvalue weighted by Crippen LogP contribution is 2.26. The Bertz CT molecular complexity index is 1250. The minimum absolute atomic E-state index is 0.122. The third-order valence-electron chi connectivity index (χ3n) is 5.33. The molecule has 4 aromatic carbocycles. The van der Waals surface area contributed by atoms with Crippen molar-refractivity contribution in [2.75, 3.05) is 0 Å². The number of aromatic hydroxyl groups is 2. The number of rotatable bonds is 5. The zero-order chi connectivity index (χ0) is 24.2. The van der Waals surface area contributed by atoms with Gasteiger partial charge in [-0.25, -0.2) is 9.59 Å². The largest absolute Gasteiger partial charge is 0.508 e. The number of phenols is 2. The van der Waals surface area contributed by atoms with Gasteiger partial charge < -0.3 is 19.7 Å². The molecule has 0 aromatic heterocycles. The minimum Gasteiger partial charge on any atom is -0.508 e. The van der Waals surface area contributed by atoms with Crippen molar-refractivity contribution in [2.24, 2.45) is 0 Å². The van der Waals surface area contributed by atoms with Crippen molar-refractivity contribution in [3.63, 3.8) is 0 Å². The summed E-state index contributed by atoms with van der Waals surface area (Å²) in [6, 6.07) is 23.2. The van der Waals surface area contributed by atoms with Crippen molar-refractivity contribution < 1.29 is 29.3 Å². The van der Waals surface area contributed by atoms with Crippen LogP contribution in [0.2, 0.25) is 0 Å². The lowest BCUT2D eigenvalue weighted by Gasteiger charge is -2.09. The summed E-state index contributed by atoms with van der Waals surface area (Å²) >= 11 is 0. The quantitative estimate of drug-likeness (QED) is 0.292. The fourth-order valence-corrected chi connectivity index (χ4v) is 3.33. The first-order valence-electron chi connectivity index (χ1n) is 10.5. The number of phenolic OH excluding ortho intramolecular Hbond substituents is 2. The fourth-order valence-electron chi connectivity index (χ4n) is 3.33. The molecule has 0 spiro atoms. The molecule has 0 atom stereocenters. The molecule has 170 valence electrons. The molecule has 2 N–H and O–H groups in total. The van der Waals surface area contributed by atoms with E-state index in [9.17, 15) is 19.8 Å². The summed E-state index contributed by atoms with van der Waals surface area (Å²) in [7, 11) is 0. The average molecular weight is 454 g/mol. The first-order valence-corrected chi connectivity index (χ1v) is 10.5. The highest BCUT2D eigenvalue weighted by atomic mass is 16.5. The van der Waals surface area contributed by atoms with Gasteiger partial charge in [0, 0.05) is 0 Å². The third kappa shape index (κ3) is 5.07. The molecule has 0 fully saturated rings. The van der Waals surface area contributed by atoms with Gasteiger partial charge in [0.25, 0.3) is 0 Å². The zero-order valence-electron chi connectivity index (χ0n) is 18.6. The number of ether oxygens (including phenoxy) is 2. The number of hydrogen-bond acceptors (Lipinski definition) is 6. The van der Waals surface area contributed by atoms with Gasteiger partial charge in [0.15, 0.2) is 0 Å². The van der Waals surface area contributed by atoms with Gasteiger partial charge in [0.2, 0.25) is 0 Å². The molecule has 0 heterocycles. The van der Waals surface area contributed by atoms with E-state index in [1.165, 1.54) is 24.3 Å². The van der Waals surface area contributed by atoms with Crippen LogP contribution in [0.25, 0.3) is 11.1 Å². The van der Waals surface area contributed by atoms with Gasteiger partial charge >= 0.3 is 11.9 Å². The van der Waals surface area contributed by atoms with Crippen LogP contribution in [0.15, 0.2) is 84.9 Å². The van der Waals surface area contributed by atoms with Gasteiger partial charge in [0.1, 0.15) is 23.0 Å². The van der Waals surface area contributed by atoms with E-state index in [1.807, 2.05) is 24.3 Å². The maximum Gasteiger partial charge on any atom is 0.343 e. The van der Waals surface area contributed by atoms with Crippen LogP contribution in [0.3, 0.4) is 0 Å². The molecule has 0 bridgehead atoms. The summed E-state index contributed by atoms with van der Waals surface area (Å²) in [4.78, 5) is 24.7. The molecule has 6 heteroatoms. The van der Waals surface area contributed by atoms with Gasteiger partial charge in [-0.05, 0) is 96.8 Å². The molecule has 4 rings (SSSR count). The van der Waals surface area contributed by atoms with Gasteiger partial charge in [-0.3, -0.25) is 0 Å². The molecule has 0 unspecified atom stereocenters. The Morgan fingerprint density at radius 3 is 1.24 bits per heavy atom. The highest BCUT2D eigenvalue weighted by Gasteiger charge is 2.12. The SMILES string of the molecule is Cc1cc(C(=O)Oc2ccc(-c3ccc(OC(=O)c4ccc(O)c(C)c4)cc3)cc2)ccc1O. The van der Waals surface area contributed by atoms with E-state index < -0.39 is 11.9 Å². The lowest BCUT2D eigenvalue weighted by atomic mass is 10.1.